The smallest absolute Gasteiger partial charge is 0.416 e. The van der Waals surface area contributed by atoms with Crippen LogP contribution in [-0.4, -0.2) is 17.6 Å². The lowest BCUT2D eigenvalue weighted by Gasteiger charge is -2.14. The van der Waals surface area contributed by atoms with Crippen LogP contribution < -0.4 is 15.4 Å². The number of hydrogen-bond acceptors (Lipinski definition) is 3. The number of rotatable bonds is 4. The largest absolute Gasteiger partial charge is 0.493 e. The molecule has 2 aromatic rings. The van der Waals surface area contributed by atoms with Gasteiger partial charge in [-0.15, -0.1) is 0 Å². The van der Waals surface area contributed by atoms with E-state index in [0.717, 1.165) is 18.2 Å². The molecule has 2 aromatic carbocycles. The first-order valence-electron chi connectivity index (χ1n) is 7.53. The summed E-state index contributed by atoms with van der Waals surface area (Å²) in [6, 6.07) is 7.45. The number of ether oxygens (including phenoxy) is 1. The second-order valence-corrected chi connectivity index (χ2v) is 6.85. The number of amides is 1. The van der Waals surface area contributed by atoms with E-state index < -0.39 is 17.6 Å². The minimum atomic E-state index is -4.53. The van der Waals surface area contributed by atoms with Crippen LogP contribution in [-0.2, 0) is 6.18 Å². The van der Waals surface area contributed by atoms with Gasteiger partial charge in [0.2, 0.25) is 0 Å². The minimum absolute atomic E-state index is 0.0309. The molecule has 2 N–H and O–H groups in total. The Morgan fingerprint density at radius 3 is 2.56 bits per heavy atom. The predicted molar refractivity (Wildman–Crippen MR) is 105 cm³/mol. The van der Waals surface area contributed by atoms with Crippen molar-refractivity contribution in [1.82, 2.24) is 5.32 Å². The molecule has 0 aliphatic heterocycles. The molecule has 144 valence electrons. The van der Waals surface area contributed by atoms with Crippen molar-refractivity contribution in [2.45, 2.75) is 13.1 Å². The van der Waals surface area contributed by atoms with E-state index in [1.807, 2.05) is 6.92 Å². The van der Waals surface area contributed by atoms with Gasteiger partial charge in [-0.1, -0.05) is 11.6 Å². The van der Waals surface area contributed by atoms with E-state index in [-0.39, 0.29) is 21.4 Å². The zero-order chi connectivity index (χ0) is 20.2. The lowest BCUT2D eigenvalue weighted by atomic mass is 10.2. The monoisotopic (exact) mass is 480 g/mol. The van der Waals surface area contributed by atoms with E-state index in [0.29, 0.717) is 16.8 Å². The summed E-state index contributed by atoms with van der Waals surface area (Å²) in [6.07, 6.45) is -4.53. The Morgan fingerprint density at radius 1 is 1.26 bits per heavy atom. The topological polar surface area (TPSA) is 50.4 Å². The fourth-order valence-corrected chi connectivity index (χ4v) is 2.90. The number of nitrogens with one attached hydrogen (secondary N) is 2. The Balaban J connectivity index is 2.10. The zero-order valence-corrected chi connectivity index (χ0v) is 16.9. The van der Waals surface area contributed by atoms with Crippen LogP contribution >= 0.6 is 39.7 Å². The first-order valence-corrected chi connectivity index (χ1v) is 9.11. The number of anilines is 1. The van der Waals surface area contributed by atoms with Gasteiger partial charge in [-0.25, -0.2) is 0 Å². The van der Waals surface area contributed by atoms with Crippen molar-refractivity contribution in [3.8, 4) is 5.75 Å². The average Bonchev–Trinajstić information content (AvgIpc) is 2.57. The van der Waals surface area contributed by atoms with Crippen molar-refractivity contribution in [1.29, 1.82) is 0 Å². The van der Waals surface area contributed by atoms with E-state index in [2.05, 4.69) is 26.6 Å². The molecule has 0 fully saturated rings. The molecule has 0 bridgehead atoms. The molecule has 0 saturated heterocycles. The van der Waals surface area contributed by atoms with Crippen molar-refractivity contribution >= 4 is 56.5 Å². The number of hydrogen-bond donors (Lipinski definition) is 2. The molecule has 2 rings (SSSR count). The molecule has 0 spiro atoms. The third kappa shape index (κ3) is 5.82. The van der Waals surface area contributed by atoms with E-state index in [1.54, 1.807) is 12.1 Å². The molecule has 0 heterocycles. The maximum absolute atomic E-state index is 12.8. The molecule has 0 aliphatic carbocycles. The van der Waals surface area contributed by atoms with Crippen LogP contribution in [0, 0.1) is 0 Å². The van der Waals surface area contributed by atoms with E-state index in [4.69, 9.17) is 28.6 Å². The summed E-state index contributed by atoms with van der Waals surface area (Å²) < 4.78 is 44.4. The molecular weight excluding hydrogens is 469 g/mol. The number of thiocarbonyl (C=S) groups is 1. The van der Waals surface area contributed by atoms with Crippen LogP contribution in [0.15, 0.2) is 40.9 Å². The first kappa shape index (κ1) is 21.5. The summed E-state index contributed by atoms with van der Waals surface area (Å²) in [5.74, 6) is 0.0323. The highest BCUT2D eigenvalue weighted by atomic mass is 79.9. The van der Waals surface area contributed by atoms with E-state index in [1.165, 1.54) is 6.07 Å². The summed E-state index contributed by atoms with van der Waals surface area (Å²) in [5, 5.41) is 4.73. The summed E-state index contributed by atoms with van der Waals surface area (Å²) in [6.45, 7) is 2.30. The van der Waals surface area contributed by atoms with Crippen molar-refractivity contribution in [3.63, 3.8) is 0 Å². The maximum atomic E-state index is 12.8. The van der Waals surface area contributed by atoms with Gasteiger partial charge in [0.1, 0.15) is 5.75 Å². The summed E-state index contributed by atoms with van der Waals surface area (Å²) in [4.78, 5) is 12.3. The second kappa shape index (κ2) is 8.90. The quantitative estimate of drug-likeness (QED) is 0.555. The van der Waals surface area contributed by atoms with Crippen LogP contribution in [0.1, 0.15) is 22.8 Å². The number of carbonyl (C=O) groups is 1. The third-order valence-electron chi connectivity index (χ3n) is 3.26. The lowest BCUT2D eigenvalue weighted by molar-refractivity contribution is -0.137. The SMILES string of the molecule is CCOc1ccc(C(=O)NC(=S)Nc2cc(C(F)(F)F)ccc2Cl)cc1Br. The summed E-state index contributed by atoms with van der Waals surface area (Å²) in [7, 11) is 0. The Bertz CT molecular complexity index is 878. The Kier molecular flexibility index (Phi) is 7.07. The molecule has 0 unspecified atom stereocenters. The lowest BCUT2D eigenvalue weighted by Crippen LogP contribution is -2.34. The number of halogens is 5. The van der Waals surface area contributed by atoms with Crippen molar-refractivity contribution in [2.24, 2.45) is 0 Å². The van der Waals surface area contributed by atoms with Gasteiger partial charge < -0.3 is 10.1 Å². The second-order valence-electron chi connectivity index (χ2n) is 5.18. The summed E-state index contributed by atoms with van der Waals surface area (Å²) >= 11 is 14.2. The van der Waals surface area contributed by atoms with E-state index in [9.17, 15) is 18.0 Å². The normalized spacial score (nSPS) is 11.0. The zero-order valence-electron chi connectivity index (χ0n) is 13.8. The predicted octanol–water partition coefficient (Wildman–Crippen LogP) is 5.65. The average molecular weight is 482 g/mol. The third-order valence-corrected chi connectivity index (χ3v) is 4.42. The van der Waals surface area contributed by atoms with E-state index >= 15 is 0 Å². The van der Waals surface area contributed by atoms with Gasteiger partial charge >= 0.3 is 6.18 Å². The van der Waals surface area contributed by atoms with Crippen molar-refractivity contribution in [3.05, 3.63) is 57.0 Å². The summed E-state index contributed by atoms with van der Waals surface area (Å²) in [5.41, 5.74) is -0.673. The van der Waals surface area contributed by atoms with Crippen LogP contribution in [0.4, 0.5) is 18.9 Å². The highest BCUT2D eigenvalue weighted by Crippen LogP contribution is 2.33. The van der Waals surface area contributed by atoms with Gasteiger partial charge in [-0.05, 0) is 71.5 Å². The molecule has 0 radical (unpaired) electrons. The van der Waals surface area contributed by atoms with Crippen LogP contribution in [0.3, 0.4) is 0 Å². The highest BCUT2D eigenvalue weighted by Gasteiger charge is 2.31. The molecule has 1 amide bonds. The van der Waals surface area contributed by atoms with Gasteiger partial charge in [0, 0.05) is 5.56 Å². The van der Waals surface area contributed by atoms with Gasteiger partial charge in [0.05, 0.1) is 27.4 Å². The van der Waals surface area contributed by atoms with Gasteiger partial charge in [-0.2, -0.15) is 13.2 Å². The fourth-order valence-electron chi connectivity index (χ4n) is 2.04. The molecular formula is C17H13BrClF3N2O2S. The van der Waals surface area contributed by atoms with Gasteiger partial charge in [0.15, 0.2) is 5.11 Å². The van der Waals surface area contributed by atoms with Crippen molar-refractivity contribution in [2.75, 3.05) is 11.9 Å². The molecule has 10 heteroatoms. The number of benzene rings is 2. The molecule has 0 saturated carbocycles. The van der Waals surface area contributed by atoms with Gasteiger partial charge in [-0.3, -0.25) is 10.1 Å². The number of carbonyl (C=O) groups excluding carboxylic acids is 1. The number of alkyl halides is 3. The Hall–Kier alpha value is -1.84. The fraction of sp³-hybridized carbons (Fsp3) is 0.176. The highest BCUT2D eigenvalue weighted by molar-refractivity contribution is 9.10. The molecule has 0 atom stereocenters. The Labute approximate surface area is 172 Å². The maximum Gasteiger partial charge on any atom is 0.416 e. The van der Waals surface area contributed by atoms with Crippen LogP contribution in [0.2, 0.25) is 5.02 Å². The molecule has 0 aromatic heterocycles. The minimum Gasteiger partial charge on any atom is -0.493 e. The Morgan fingerprint density at radius 2 is 1.96 bits per heavy atom. The van der Waals surface area contributed by atoms with Crippen molar-refractivity contribution < 1.29 is 22.7 Å². The molecule has 4 nitrogen and oxygen atoms in total. The van der Waals surface area contributed by atoms with Crippen LogP contribution in [0.25, 0.3) is 0 Å². The molecule has 0 aliphatic rings. The molecule has 27 heavy (non-hydrogen) atoms. The standard InChI is InChI=1S/C17H13BrClF3N2O2S/c1-2-26-14-6-3-9(7-11(14)18)15(25)24-16(27)23-13-8-10(17(20,21)22)4-5-12(13)19/h3-8H,2H2,1H3,(H2,23,24,25,27). The van der Waals surface area contributed by atoms with Gasteiger partial charge in [0.25, 0.3) is 5.91 Å². The van der Waals surface area contributed by atoms with Crippen LogP contribution in [0.5, 0.6) is 5.75 Å². The first-order chi connectivity index (χ1) is 12.6.